The molecule has 19 heavy (non-hydrogen) atoms. The molecule has 0 aliphatic rings. The van der Waals surface area contributed by atoms with Crippen molar-refractivity contribution in [1.29, 1.82) is 0 Å². The van der Waals surface area contributed by atoms with Gasteiger partial charge in [-0.2, -0.15) is 0 Å². The molecule has 0 bridgehead atoms. The van der Waals surface area contributed by atoms with E-state index in [2.05, 4.69) is 12.8 Å². The van der Waals surface area contributed by atoms with Crippen molar-refractivity contribution in [3.05, 3.63) is 34.9 Å². The van der Waals surface area contributed by atoms with Crippen LogP contribution in [-0.2, 0) is 4.79 Å². The normalized spacial score (nSPS) is 10.4. The van der Waals surface area contributed by atoms with Gasteiger partial charge in [-0.25, -0.2) is 4.79 Å². The van der Waals surface area contributed by atoms with Crippen LogP contribution in [0.2, 0.25) is 5.02 Å². The predicted octanol–water partition coefficient (Wildman–Crippen LogP) is 3.29. The second-order valence-corrected chi connectivity index (χ2v) is 4.38. The Balaban J connectivity index is 3.21. The lowest BCUT2D eigenvalue weighted by Crippen LogP contribution is -2.25. The minimum atomic E-state index is -1.01. The molecule has 3 nitrogen and oxygen atoms in total. The quantitative estimate of drug-likeness (QED) is 0.641. The van der Waals surface area contributed by atoms with Gasteiger partial charge in [-0.05, 0) is 24.6 Å². The first-order chi connectivity index (χ1) is 9.10. The van der Waals surface area contributed by atoms with Crippen LogP contribution in [0.1, 0.15) is 18.9 Å². The maximum Gasteiger partial charge on any atom is 0.328 e. The summed E-state index contributed by atoms with van der Waals surface area (Å²) in [5, 5.41) is 9.23. The monoisotopic (exact) mass is 277 g/mol. The van der Waals surface area contributed by atoms with E-state index in [4.69, 9.17) is 23.1 Å². The second kappa shape index (κ2) is 7.50. The van der Waals surface area contributed by atoms with Gasteiger partial charge >= 0.3 is 5.97 Å². The smallest absolute Gasteiger partial charge is 0.328 e. The Morgan fingerprint density at radius 1 is 1.58 bits per heavy atom. The molecule has 0 saturated carbocycles. The van der Waals surface area contributed by atoms with Crippen molar-refractivity contribution in [3.63, 3.8) is 0 Å². The minimum absolute atomic E-state index is 0.460. The van der Waals surface area contributed by atoms with E-state index < -0.39 is 5.97 Å². The fourth-order valence-electron chi connectivity index (χ4n) is 1.79. The number of anilines is 1. The van der Waals surface area contributed by atoms with Crippen molar-refractivity contribution in [2.24, 2.45) is 0 Å². The summed E-state index contributed by atoms with van der Waals surface area (Å²) in [6.07, 6.45) is 8.88. The van der Waals surface area contributed by atoms with Crippen LogP contribution in [0.25, 0.3) is 6.08 Å². The molecule has 4 heteroatoms. The van der Waals surface area contributed by atoms with Gasteiger partial charge in [-0.1, -0.05) is 30.5 Å². The SMILES string of the molecule is C#CCN(CCC)c1cccc(Cl)c1/C=C/C(=O)O. The van der Waals surface area contributed by atoms with Crippen molar-refractivity contribution < 1.29 is 9.90 Å². The molecule has 0 aliphatic carbocycles. The molecule has 0 heterocycles. The van der Waals surface area contributed by atoms with Crippen LogP contribution in [0.4, 0.5) is 5.69 Å². The summed E-state index contributed by atoms with van der Waals surface area (Å²) in [7, 11) is 0. The molecule has 1 N–H and O–H groups in total. The first-order valence-corrected chi connectivity index (χ1v) is 6.35. The van der Waals surface area contributed by atoms with Crippen molar-refractivity contribution in [1.82, 2.24) is 0 Å². The van der Waals surface area contributed by atoms with Crippen LogP contribution in [0, 0.1) is 12.3 Å². The van der Waals surface area contributed by atoms with Crippen molar-refractivity contribution >= 4 is 29.3 Å². The summed E-state index contributed by atoms with van der Waals surface area (Å²) in [6.45, 7) is 3.31. The number of benzene rings is 1. The first kappa shape index (κ1) is 15.1. The Morgan fingerprint density at radius 2 is 2.32 bits per heavy atom. The molecule has 0 fully saturated rings. The highest BCUT2D eigenvalue weighted by Gasteiger charge is 2.11. The summed E-state index contributed by atoms with van der Waals surface area (Å²) >= 11 is 6.13. The number of rotatable bonds is 6. The molecule has 1 rings (SSSR count). The van der Waals surface area contributed by atoms with E-state index in [1.54, 1.807) is 6.07 Å². The Morgan fingerprint density at radius 3 is 2.89 bits per heavy atom. The molecule has 0 radical (unpaired) electrons. The number of nitrogens with zero attached hydrogens (tertiary/aromatic N) is 1. The largest absolute Gasteiger partial charge is 0.478 e. The Hall–Kier alpha value is -1.92. The third-order valence-electron chi connectivity index (χ3n) is 2.54. The average molecular weight is 278 g/mol. The average Bonchev–Trinajstić information content (AvgIpc) is 2.36. The van der Waals surface area contributed by atoms with Crippen LogP contribution in [0.3, 0.4) is 0 Å². The molecular formula is C15H16ClNO2. The fourth-order valence-corrected chi connectivity index (χ4v) is 2.02. The zero-order valence-corrected chi connectivity index (χ0v) is 11.5. The van der Waals surface area contributed by atoms with Gasteiger partial charge < -0.3 is 10.0 Å². The summed E-state index contributed by atoms with van der Waals surface area (Å²) in [5.74, 6) is 1.60. The molecule has 0 aromatic heterocycles. The molecule has 0 spiro atoms. The number of terminal acetylenes is 1. The van der Waals surface area contributed by atoms with Gasteiger partial charge in [-0.15, -0.1) is 6.42 Å². The number of carbonyl (C=O) groups is 1. The number of hydrogen-bond acceptors (Lipinski definition) is 2. The lowest BCUT2D eigenvalue weighted by atomic mass is 10.1. The van der Waals surface area contributed by atoms with Gasteiger partial charge in [-0.3, -0.25) is 0 Å². The van der Waals surface area contributed by atoms with E-state index in [1.165, 1.54) is 6.08 Å². The molecule has 1 aromatic rings. The predicted molar refractivity (Wildman–Crippen MR) is 79.5 cm³/mol. The zero-order valence-electron chi connectivity index (χ0n) is 10.8. The third-order valence-corrected chi connectivity index (χ3v) is 2.87. The van der Waals surface area contributed by atoms with Crippen molar-refractivity contribution in [2.45, 2.75) is 13.3 Å². The molecule has 0 aliphatic heterocycles. The van der Waals surface area contributed by atoms with Gasteiger partial charge in [0.2, 0.25) is 0 Å². The van der Waals surface area contributed by atoms with Gasteiger partial charge in [0.15, 0.2) is 0 Å². The Bertz CT molecular complexity index is 517. The van der Waals surface area contributed by atoms with Gasteiger partial charge in [0.25, 0.3) is 0 Å². The van der Waals surface area contributed by atoms with Crippen LogP contribution in [-0.4, -0.2) is 24.2 Å². The summed E-state index contributed by atoms with van der Waals surface area (Å²) in [6, 6.07) is 5.45. The highest BCUT2D eigenvalue weighted by molar-refractivity contribution is 6.32. The van der Waals surface area contributed by atoms with Crippen LogP contribution in [0.5, 0.6) is 0 Å². The Kier molecular flexibility index (Phi) is 5.98. The van der Waals surface area contributed by atoms with E-state index in [9.17, 15) is 4.79 Å². The molecule has 0 atom stereocenters. The maximum absolute atomic E-state index is 10.6. The molecular weight excluding hydrogens is 262 g/mol. The standard InChI is InChI=1S/C15H16ClNO2/c1-3-10-17(11-4-2)14-7-5-6-13(16)12(14)8-9-15(18)19/h1,5-9H,4,10-11H2,2H3,(H,18,19)/b9-8+. The van der Waals surface area contributed by atoms with Crippen molar-refractivity contribution in [3.8, 4) is 12.3 Å². The number of aliphatic carboxylic acids is 1. The van der Waals surface area contributed by atoms with E-state index in [1.807, 2.05) is 17.0 Å². The minimum Gasteiger partial charge on any atom is -0.478 e. The molecule has 100 valence electrons. The summed E-state index contributed by atoms with van der Waals surface area (Å²) < 4.78 is 0. The number of hydrogen-bond donors (Lipinski definition) is 1. The van der Waals surface area contributed by atoms with Crippen molar-refractivity contribution in [2.75, 3.05) is 18.0 Å². The van der Waals surface area contributed by atoms with E-state index in [0.29, 0.717) is 17.1 Å². The highest BCUT2D eigenvalue weighted by Crippen LogP contribution is 2.29. The van der Waals surface area contributed by atoms with Crippen LogP contribution >= 0.6 is 11.6 Å². The van der Waals surface area contributed by atoms with Gasteiger partial charge in [0, 0.05) is 28.9 Å². The number of carboxylic acids is 1. The lowest BCUT2D eigenvalue weighted by molar-refractivity contribution is -0.131. The zero-order chi connectivity index (χ0) is 14.3. The van der Waals surface area contributed by atoms with Crippen LogP contribution < -0.4 is 4.90 Å². The van der Waals surface area contributed by atoms with E-state index in [-0.39, 0.29) is 0 Å². The maximum atomic E-state index is 10.6. The van der Waals surface area contributed by atoms with Crippen LogP contribution in [0.15, 0.2) is 24.3 Å². The van der Waals surface area contributed by atoms with E-state index in [0.717, 1.165) is 24.7 Å². The fraction of sp³-hybridized carbons (Fsp3) is 0.267. The topological polar surface area (TPSA) is 40.5 Å². The highest BCUT2D eigenvalue weighted by atomic mass is 35.5. The second-order valence-electron chi connectivity index (χ2n) is 3.97. The lowest BCUT2D eigenvalue weighted by Gasteiger charge is -2.24. The summed E-state index contributed by atoms with van der Waals surface area (Å²) in [4.78, 5) is 12.6. The number of carboxylic acid groups (broad SMARTS) is 1. The molecule has 1 aromatic carbocycles. The molecule has 0 unspecified atom stereocenters. The van der Waals surface area contributed by atoms with Gasteiger partial charge in [0.1, 0.15) is 0 Å². The molecule has 0 saturated heterocycles. The molecule has 0 amide bonds. The summed E-state index contributed by atoms with van der Waals surface area (Å²) in [5.41, 5.74) is 1.53. The third kappa shape index (κ3) is 4.35. The van der Waals surface area contributed by atoms with E-state index >= 15 is 0 Å². The van der Waals surface area contributed by atoms with Gasteiger partial charge in [0.05, 0.1) is 6.54 Å². The number of halogens is 1. The Labute approximate surface area is 118 Å². The first-order valence-electron chi connectivity index (χ1n) is 5.98.